The Kier molecular flexibility index (Phi) is 3.77. The van der Waals surface area contributed by atoms with E-state index >= 15 is 0 Å². The van der Waals surface area contributed by atoms with Crippen molar-refractivity contribution in [1.82, 2.24) is 15.6 Å². The number of hydrogen-bond acceptors (Lipinski definition) is 4. The van der Waals surface area contributed by atoms with Crippen LogP contribution in [-0.2, 0) is 16.0 Å². The van der Waals surface area contributed by atoms with Gasteiger partial charge >= 0.3 is 0 Å². The second-order valence-corrected chi connectivity index (χ2v) is 5.87. The molecule has 2 aliphatic rings. The average molecular weight is 289 g/mol. The molecule has 0 bridgehead atoms. The lowest BCUT2D eigenvalue weighted by atomic mass is 9.94. The number of aromatic nitrogens is 1. The third-order valence-corrected chi connectivity index (χ3v) is 4.06. The second-order valence-electron chi connectivity index (χ2n) is 5.87. The van der Waals surface area contributed by atoms with Crippen LogP contribution in [0.4, 0.5) is 0 Å². The molecule has 2 amide bonds. The first-order chi connectivity index (χ1) is 10.1. The average Bonchev–Trinajstić information content (AvgIpc) is 3.25. The van der Waals surface area contributed by atoms with Crippen molar-refractivity contribution < 1.29 is 14.7 Å². The number of piperidine rings is 1. The maximum Gasteiger partial charge on any atom is 0.224 e. The number of rotatable bonds is 4. The van der Waals surface area contributed by atoms with E-state index in [-0.39, 0.29) is 36.1 Å². The summed E-state index contributed by atoms with van der Waals surface area (Å²) in [4.78, 5) is 27.5. The largest absolute Gasteiger partial charge is 0.506 e. The molecule has 0 unspecified atom stereocenters. The molecule has 6 heteroatoms. The Morgan fingerprint density at radius 1 is 1.38 bits per heavy atom. The molecule has 2 atom stereocenters. The summed E-state index contributed by atoms with van der Waals surface area (Å²) in [5, 5.41) is 15.4. The summed E-state index contributed by atoms with van der Waals surface area (Å²) in [7, 11) is 0. The molecule has 1 saturated heterocycles. The number of nitrogens with one attached hydrogen (secondary N) is 2. The molecule has 2 fully saturated rings. The summed E-state index contributed by atoms with van der Waals surface area (Å²) >= 11 is 0. The van der Waals surface area contributed by atoms with Crippen LogP contribution in [0.1, 0.15) is 31.2 Å². The fraction of sp³-hybridized carbons (Fsp3) is 0.533. The van der Waals surface area contributed by atoms with Crippen LogP contribution in [0.25, 0.3) is 0 Å². The van der Waals surface area contributed by atoms with Gasteiger partial charge in [-0.25, -0.2) is 0 Å². The van der Waals surface area contributed by atoms with Crippen LogP contribution in [0.5, 0.6) is 5.75 Å². The van der Waals surface area contributed by atoms with Crippen LogP contribution in [0.3, 0.4) is 0 Å². The zero-order chi connectivity index (χ0) is 14.8. The monoisotopic (exact) mass is 289 g/mol. The minimum absolute atomic E-state index is 0.00738. The van der Waals surface area contributed by atoms with E-state index in [0.29, 0.717) is 24.3 Å². The quantitative estimate of drug-likeness (QED) is 0.753. The van der Waals surface area contributed by atoms with Gasteiger partial charge in [0.25, 0.3) is 0 Å². The minimum Gasteiger partial charge on any atom is -0.506 e. The highest BCUT2D eigenvalue weighted by Gasteiger charge is 2.40. The summed E-state index contributed by atoms with van der Waals surface area (Å²) in [6.07, 6.45) is 6.48. The molecule has 0 aromatic carbocycles. The number of amides is 2. The highest BCUT2D eigenvalue weighted by Crippen LogP contribution is 2.36. The van der Waals surface area contributed by atoms with E-state index in [2.05, 4.69) is 15.6 Å². The molecule has 3 N–H and O–H groups in total. The van der Waals surface area contributed by atoms with Crippen LogP contribution >= 0.6 is 0 Å². The van der Waals surface area contributed by atoms with Gasteiger partial charge in [-0.15, -0.1) is 0 Å². The van der Waals surface area contributed by atoms with Crippen molar-refractivity contribution in [1.29, 1.82) is 0 Å². The standard InChI is InChI=1S/C15H19N3O3/c19-11-5-9(7-16-8-11)6-14(21)17-12-3-4-13(20)18-15(12)10-1-2-10/h5,7-8,10,12,15,19H,1-4,6H2,(H,17,21)(H,18,20)/t12-,15+/m1/s1. The summed E-state index contributed by atoms with van der Waals surface area (Å²) in [6.45, 7) is 0. The lowest BCUT2D eigenvalue weighted by Gasteiger charge is -2.33. The Bertz CT molecular complexity index is 557. The highest BCUT2D eigenvalue weighted by molar-refractivity contribution is 5.80. The van der Waals surface area contributed by atoms with Gasteiger partial charge in [-0.3, -0.25) is 14.6 Å². The molecule has 6 nitrogen and oxygen atoms in total. The third-order valence-electron chi connectivity index (χ3n) is 4.06. The van der Waals surface area contributed by atoms with Gasteiger partial charge in [-0.05, 0) is 36.8 Å². The summed E-state index contributed by atoms with van der Waals surface area (Å²) in [5.41, 5.74) is 0.676. The first-order valence-corrected chi connectivity index (χ1v) is 7.33. The van der Waals surface area contributed by atoms with Crippen LogP contribution < -0.4 is 10.6 Å². The Labute approximate surface area is 123 Å². The van der Waals surface area contributed by atoms with Gasteiger partial charge in [0.15, 0.2) is 0 Å². The van der Waals surface area contributed by atoms with Crippen molar-refractivity contribution in [3.8, 4) is 5.75 Å². The summed E-state index contributed by atoms with van der Waals surface area (Å²) in [6, 6.07) is 1.61. The molecule has 21 heavy (non-hydrogen) atoms. The number of nitrogens with zero attached hydrogens (tertiary/aromatic N) is 1. The Morgan fingerprint density at radius 2 is 2.19 bits per heavy atom. The van der Waals surface area contributed by atoms with E-state index in [1.165, 1.54) is 12.3 Å². The fourth-order valence-corrected chi connectivity index (χ4v) is 2.90. The summed E-state index contributed by atoms with van der Waals surface area (Å²) < 4.78 is 0. The number of carbonyl (C=O) groups excluding carboxylic acids is 2. The molecular formula is C15H19N3O3. The van der Waals surface area contributed by atoms with E-state index < -0.39 is 0 Å². The number of carbonyl (C=O) groups is 2. The van der Waals surface area contributed by atoms with Gasteiger partial charge in [-0.2, -0.15) is 0 Å². The van der Waals surface area contributed by atoms with Crippen molar-refractivity contribution >= 4 is 11.8 Å². The topological polar surface area (TPSA) is 91.3 Å². The van der Waals surface area contributed by atoms with Gasteiger partial charge in [0.1, 0.15) is 5.75 Å². The molecule has 1 aromatic rings. The maximum atomic E-state index is 12.1. The SMILES string of the molecule is O=C(Cc1cncc(O)c1)N[C@@H]1CCC(=O)N[C@H]1C1CC1. The summed E-state index contributed by atoms with van der Waals surface area (Å²) in [5.74, 6) is 0.534. The van der Waals surface area contributed by atoms with Crippen molar-refractivity contribution in [2.24, 2.45) is 5.92 Å². The molecule has 0 radical (unpaired) electrons. The molecule has 1 saturated carbocycles. The Morgan fingerprint density at radius 3 is 2.90 bits per heavy atom. The predicted molar refractivity (Wildman–Crippen MR) is 75.4 cm³/mol. The first kappa shape index (κ1) is 13.9. The van der Waals surface area contributed by atoms with Crippen molar-refractivity contribution in [2.75, 3.05) is 0 Å². The normalized spacial score (nSPS) is 25.2. The van der Waals surface area contributed by atoms with E-state index in [4.69, 9.17) is 0 Å². The van der Waals surface area contributed by atoms with Crippen molar-refractivity contribution in [2.45, 2.75) is 44.2 Å². The fourth-order valence-electron chi connectivity index (χ4n) is 2.90. The molecule has 0 spiro atoms. The van der Waals surface area contributed by atoms with Crippen molar-refractivity contribution in [3.05, 3.63) is 24.0 Å². The van der Waals surface area contributed by atoms with Gasteiger partial charge < -0.3 is 15.7 Å². The Balaban J connectivity index is 1.59. The second kappa shape index (κ2) is 5.71. The highest BCUT2D eigenvalue weighted by atomic mass is 16.3. The molecule has 3 rings (SSSR count). The molecule has 112 valence electrons. The van der Waals surface area contributed by atoms with E-state index in [0.717, 1.165) is 12.8 Å². The maximum absolute atomic E-state index is 12.1. The minimum atomic E-state index is -0.103. The lowest BCUT2D eigenvalue weighted by Crippen LogP contribution is -2.56. The van der Waals surface area contributed by atoms with Crippen molar-refractivity contribution in [3.63, 3.8) is 0 Å². The van der Waals surface area contributed by atoms with Crippen LogP contribution in [0.15, 0.2) is 18.5 Å². The molecular weight excluding hydrogens is 270 g/mol. The number of aromatic hydroxyl groups is 1. The number of hydrogen-bond donors (Lipinski definition) is 3. The molecule has 1 aliphatic carbocycles. The zero-order valence-corrected chi connectivity index (χ0v) is 11.7. The number of pyridine rings is 1. The van der Waals surface area contributed by atoms with Crippen LogP contribution in [-0.4, -0.2) is 34.0 Å². The van der Waals surface area contributed by atoms with Gasteiger partial charge in [0, 0.05) is 18.7 Å². The van der Waals surface area contributed by atoms with E-state index in [1.807, 2.05) is 0 Å². The molecule has 2 heterocycles. The molecule has 1 aromatic heterocycles. The van der Waals surface area contributed by atoms with E-state index in [9.17, 15) is 14.7 Å². The van der Waals surface area contributed by atoms with Crippen LogP contribution in [0, 0.1) is 5.92 Å². The Hall–Kier alpha value is -2.11. The van der Waals surface area contributed by atoms with Gasteiger partial charge in [-0.1, -0.05) is 0 Å². The first-order valence-electron chi connectivity index (χ1n) is 7.33. The predicted octanol–water partition coefficient (Wildman–Crippen LogP) is 0.503. The van der Waals surface area contributed by atoms with Crippen LogP contribution in [0.2, 0.25) is 0 Å². The smallest absolute Gasteiger partial charge is 0.224 e. The lowest BCUT2D eigenvalue weighted by molar-refractivity contribution is -0.127. The third kappa shape index (κ3) is 3.51. The zero-order valence-electron chi connectivity index (χ0n) is 11.7. The molecule has 1 aliphatic heterocycles. The van der Waals surface area contributed by atoms with Gasteiger partial charge in [0.05, 0.1) is 18.7 Å². The van der Waals surface area contributed by atoms with Gasteiger partial charge in [0.2, 0.25) is 11.8 Å². The van der Waals surface area contributed by atoms with E-state index in [1.54, 1.807) is 6.20 Å².